The van der Waals surface area contributed by atoms with E-state index in [1.54, 1.807) is 12.1 Å². The molecule has 1 heterocycles. The van der Waals surface area contributed by atoms with Gasteiger partial charge in [-0.3, -0.25) is 9.59 Å². The third kappa shape index (κ3) is 3.76. The summed E-state index contributed by atoms with van der Waals surface area (Å²) in [6, 6.07) is 5.24. The summed E-state index contributed by atoms with van der Waals surface area (Å²) in [4.78, 5) is 24.4. The zero-order chi connectivity index (χ0) is 17.9. The molecule has 1 aromatic rings. The van der Waals surface area contributed by atoms with Crippen molar-refractivity contribution in [2.75, 3.05) is 19.6 Å². The SMILES string of the molecule is CCCc1ccc(S(=O)(=O)N2CCN(C(C)=O)CC2C(=O)O)cc1. The highest BCUT2D eigenvalue weighted by Gasteiger charge is 2.40. The van der Waals surface area contributed by atoms with E-state index in [0.29, 0.717) is 0 Å². The second-order valence-electron chi connectivity index (χ2n) is 5.83. The Morgan fingerprint density at radius 3 is 2.33 bits per heavy atom. The Hall–Kier alpha value is -1.93. The molecule has 0 bridgehead atoms. The zero-order valence-corrected chi connectivity index (χ0v) is 14.6. The Morgan fingerprint density at radius 2 is 1.83 bits per heavy atom. The second kappa shape index (κ2) is 7.31. The van der Waals surface area contributed by atoms with Crippen molar-refractivity contribution < 1.29 is 23.1 Å². The number of piperazine rings is 1. The van der Waals surface area contributed by atoms with Crippen LogP contribution in [0.4, 0.5) is 0 Å². The van der Waals surface area contributed by atoms with Gasteiger partial charge in [0.05, 0.1) is 4.90 Å². The van der Waals surface area contributed by atoms with Crippen molar-refractivity contribution in [2.24, 2.45) is 0 Å². The number of aliphatic carboxylic acids is 1. The van der Waals surface area contributed by atoms with Crippen molar-refractivity contribution >= 4 is 21.9 Å². The highest BCUT2D eigenvalue weighted by Crippen LogP contribution is 2.22. The number of benzene rings is 1. The Labute approximate surface area is 141 Å². The Morgan fingerprint density at radius 1 is 1.21 bits per heavy atom. The summed E-state index contributed by atoms with van der Waals surface area (Å²) in [6.07, 6.45) is 1.82. The number of carbonyl (C=O) groups excluding carboxylic acids is 1. The van der Waals surface area contributed by atoms with Crippen molar-refractivity contribution in [3.05, 3.63) is 29.8 Å². The topological polar surface area (TPSA) is 95.0 Å². The van der Waals surface area contributed by atoms with Crippen molar-refractivity contribution in [2.45, 2.75) is 37.6 Å². The number of sulfonamides is 1. The number of carboxylic acid groups (broad SMARTS) is 1. The van der Waals surface area contributed by atoms with Crippen LogP contribution in [0.5, 0.6) is 0 Å². The fourth-order valence-electron chi connectivity index (χ4n) is 2.79. The molecule has 24 heavy (non-hydrogen) atoms. The van der Waals surface area contributed by atoms with E-state index in [1.807, 2.05) is 6.92 Å². The fraction of sp³-hybridized carbons (Fsp3) is 0.500. The van der Waals surface area contributed by atoms with Crippen LogP contribution in [0, 0.1) is 0 Å². The minimum absolute atomic E-state index is 0.0322. The van der Waals surface area contributed by atoms with Gasteiger partial charge in [0.15, 0.2) is 0 Å². The maximum absolute atomic E-state index is 12.8. The minimum Gasteiger partial charge on any atom is -0.480 e. The van der Waals surface area contributed by atoms with E-state index < -0.39 is 22.0 Å². The summed E-state index contributed by atoms with van der Waals surface area (Å²) in [7, 11) is -3.92. The van der Waals surface area contributed by atoms with E-state index in [0.717, 1.165) is 22.7 Å². The smallest absolute Gasteiger partial charge is 0.323 e. The number of amides is 1. The molecule has 0 saturated carbocycles. The van der Waals surface area contributed by atoms with E-state index >= 15 is 0 Å². The first-order valence-electron chi connectivity index (χ1n) is 7.86. The monoisotopic (exact) mass is 354 g/mol. The van der Waals surface area contributed by atoms with Crippen molar-refractivity contribution in [3.63, 3.8) is 0 Å². The first kappa shape index (κ1) is 18.4. The summed E-state index contributed by atoms with van der Waals surface area (Å²) in [5.74, 6) is -1.52. The first-order valence-corrected chi connectivity index (χ1v) is 9.30. The number of carbonyl (C=O) groups is 2. The number of aryl methyl sites for hydroxylation is 1. The molecule has 0 aromatic heterocycles. The lowest BCUT2D eigenvalue weighted by Crippen LogP contribution is -2.58. The van der Waals surface area contributed by atoms with Crippen LogP contribution >= 0.6 is 0 Å². The summed E-state index contributed by atoms with van der Waals surface area (Å²) in [6.45, 7) is 3.39. The van der Waals surface area contributed by atoms with Gasteiger partial charge >= 0.3 is 5.97 Å². The Kier molecular flexibility index (Phi) is 5.61. The minimum atomic E-state index is -3.92. The van der Waals surface area contributed by atoms with Gasteiger partial charge in [0, 0.05) is 26.6 Å². The van der Waals surface area contributed by atoms with Crippen LogP contribution in [0.15, 0.2) is 29.2 Å². The van der Waals surface area contributed by atoms with Gasteiger partial charge in [-0.2, -0.15) is 4.31 Å². The molecule has 1 saturated heterocycles. The predicted molar refractivity (Wildman–Crippen MR) is 88.0 cm³/mol. The van der Waals surface area contributed by atoms with Crippen LogP contribution in [0.3, 0.4) is 0 Å². The van der Waals surface area contributed by atoms with E-state index in [4.69, 9.17) is 0 Å². The average Bonchev–Trinajstić information content (AvgIpc) is 2.55. The third-order valence-electron chi connectivity index (χ3n) is 4.13. The molecular weight excluding hydrogens is 332 g/mol. The van der Waals surface area contributed by atoms with Crippen LogP contribution < -0.4 is 0 Å². The molecule has 7 nitrogen and oxygen atoms in total. The van der Waals surface area contributed by atoms with Crippen molar-refractivity contribution in [1.29, 1.82) is 0 Å². The number of hydrogen-bond donors (Lipinski definition) is 1. The molecule has 0 spiro atoms. The van der Waals surface area contributed by atoms with Gasteiger partial charge in [-0.25, -0.2) is 8.42 Å². The first-order chi connectivity index (χ1) is 11.3. The molecular formula is C16H22N2O5S. The van der Waals surface area contributed by atoms with Gasteiger partial charge in [0.25, 0.3) is 0 Å². The molecule has 8 heteroatoms. The lowest BCUT2D eigenvalue weighted by Gasteiger charge is -2.38. The van der Waals surface area contributed by atoms with Gasteiger partial charge in [0.1, 0.15) is 6.04 Å². The number of rotatable bonds is 5. The summed E-state index contributed by atoms with van der Waals surface area (Å²) < 4.78 is 26.6. The van der Waals surface area contributed by atoms with Gasteiger partial charge in [-0.05, 0) is 24.1 Å². The third-order valence-corrected chi connectivity index (χ3v) is 6.05. The van der Waals surface area contributed by atoms with E-state index in [9.17, 15) is 23.1 Å². The van der Waals surface area contributed by atoms with Crippen LogP contribution in [-0.4, -0.2) is 60.3 Å². The molecule has 1 fully saturated rings. The normalized spacial score (nSPS) is 19.2. The maximum atomic E-state index is 12.8. The molecule has 1 amide bonds. The average molecular weight is 354 g/mol. The lowest BCUT2D eigenvalue weighted by atomic mass is 10.1. The van der Waals surface area contributed by atoms with E-state index in [2.05, 4.69) is 0 Å². The Bertz CT molecular complexity index is 714. The number of hydrogen-bond acceptors (Lipinski definition) is 4. The maximum Gasteiger partial charge on any atom is 0.323 e. The summed E-state index contributed by atoms with van der Waals surface area (Å²) in [5, 5.41) is 9.39. The fourth-order valence-corrected chi connectivity index (χ4v) is 4.36. The zero-order valence-electron chi connectivity index (χ0n) is 13.8. The van der Waals surface area contributed by atoms with Gasteiger partial charge in [-0.15, -0.1) is 0 Å². The highest BCUT2D eigenvalue weighted by molar-refractivity contribution is 7.89. The molecule has 0 radical (unpaired) electrons. The van der Waals surface area contributed by atoms with Crippen molar-refractivity contribution in [3.8, 4) is 0 Å². The molecule has 2 rings (SSSR count). The standard InChI is InChI=1S/C16H22N2O5S/c1-3-4-13-5-7-14(8-6-13)24(22,23)18-10-9-17(12(2)19)11-15(18)16(20)21/h5-8,15H,3-4,9-11H2,1-2H3,(H,20,21). The molecule has 1 aromatic carbocycles. The van der Waals surface area contributed by atoms with Crippen LogP contribution in [0.1, 0.15) is 25.8 Å². The molecule has 1 aliphatic heterocycles. The predicted octanol–water partition coefficient (Wildman–Crippen LogP) is 0.945. The lowest BCUT2D eigenvalue weighted by molar-refractivity contribution is -0.145. The van der Waals surface area contributed by atoms with Crippen LogP contribution in [0.25, 0.3) is 0 Å². The quantitative estimate of drug-likeness (QED) is 0.849. The molecule has 1 atom stereocenters. The van der Waals surface area contributed by atoms with Crippen molar-refractivity contribution in [1.82, 2.24) is 9.21 Å². The van der Waals surface area contributed by atoms with Gasteiger partial charge < -0.3 is 10.0 Å². The van der Waals surface area contributed by atoms with E-state index in [-0.39, 0.29) is 30.4 Å². The molecule has 132 valence electrons. The number of carboxylic acids is 1. The summed E-state index contributed by atoms with van der Waals surface area (Å²) in [5.41, 5.74) is 1.03. The van der Waals surface area contributed by atoms with Gasteiger partial charge in [-0.1, -0.05) is 25.5 Å². The van der Waals surface area contributed by atoms with Gasteiger partial charge in [0.2, 0.25) is 15.9 Å². The second-order valence-corrected chi connectivity index (χ2v) is 7.72. The Balaban J connectivity index is 2.29. The highest BCUT2D eigenvalue weighted by atomic mass is 32.2. The molecule has 1 aliphatic rings. The largest absolute Gasteiger partial charge is 0.480 e. The van der Waals surface area contributed by atoms with E-state index in [1.165, 1.54) is 24.0 Å². The van der Waals surface area contributed by atoms with Crippen LogP contribution in [0.2, 0.25) is 0 Å². The molecule has 1 N–H and O–H groups in total. The number of nitrogens with zero attached hydrogens (tertiary/aromatic N) is 2. The van der Waals surface area contributed by atoms with Crippen LogP contribution in [-0.2, 0) is 26.0 Å². The molecule has 1 unspecified atom stereocenters. The molecule has 0 aliphatic carbocycles. The summed E-state index contributed by atoms with van der Waals surface area (Å²) >= 11 is 0.